The molecule has 1 aromatic carbocycles. The van der Waals surface area contributed by atoms with Crippen LogP contribution in [0.25, 0.3) is 0 Å². The molecular weight excluding hydrogens is 373 g/mol. The topological polar surface area (TPSA) is 49.9 Å². The molecule has 156 valence electrons. The molecule has 0 N–H and O–H groups in total. The first-order valence-electron chi connectivity index (χ1n) is 9.29. The summed E-state index contributed by atoms with van der Waals surface area (Å²) in [5.74, 6) is -0.245. The molecule has 1 fully saturated rings. The van der Waals surface area contributed by atoms with Crippen molar-refractivity contribution in [3.05, 3.63) is 35.4 Å². The number of carbonyl (C=O) groups is 2. The average molecular weight is 400 g/mol. The second-order valence-corrected chi connectivity index (χ2v) is 8.07. The molecule has 1 aliphatic rings. The molecule has 1 aliphatic heterocycles. The molecule has 1 heterocycles. The number of hydrogen-bond acceptors (Lipinski definition) is 3. The van der Waals surface area contributed by atoms with Crippen LogP contribution in [-0.4, -0.2) is 47.0 Å². The maximum absolute atomic E-state index is 12.9. The number of nitrogens with zero attached hydrogens (tertiary/aromatic N) is 2. The van der Waals surface area contributed by atoms with Crippen LogP contribution in [0.2, 0.25) is 0 Å². The van der Waals surface area contributed by atoms with Gasteiger partial charge in [-0.3, -0.25) is 9.69 Å². The van der Waals surface area contributed by atoms with Gasteiger partial charge in [0.25, 0.3) is 0 Å². The Balaban J connectivity index is 2.06. The van der Waals surface area contributed by atoms with Gasteiger partial charge in [0, 0.05) is 20.1 Å². The highest BCUT2D eigenvalue weighted by Crippen LogP contribution is 2.29. The van der Waals surface area contributed by atoms with E-state index >= 15 is 0 Å². The summed E-state index contributed by atoms with van der Waals surface area (Å²) in [6.45, 7) is 5.91. The number of rotatable bonds is 3. The highest BCUT2D eigenvalue weighted by Gasteiger charge is 2.36. The highest BCUT2D eigenvalue weighted by atomic mass is 19.4. The zero-order chi connectivity index (χ0) is 21.1. The smallest absolute Gasteiger partial charge is 0.416 e. The number of hydrogen-bond donors (Lipinski definition) is 0. The number of likely N-dealkylation sites (N-methyl/N-ethyl adjacent to an activating group) is 1. The van der Waals surface area contributed by atoms with Crippen LogP contribution in [0.1, 0.15) is 51.2 Å². The molecule has 28 heavy (non-hydrogen) atoms. The number of ether oxygens (including phenoxy) is 1. The van der Waals surface area contributed by atoms with Gasteiger partial charge in [-0.15, -0.1) is 0 Å². The standard InChI is InChI=1S/C20H27F3N2O3/c1-19(2,3)28-18(27)25-12-6-5-7-16(25)17(26)24(4)13-14-8-10-15(11-9-14)20(21,22)23/h8-11,16H,5-7,12-13H2,1-4H3. The van der Waals surface area contributed by atoms with Crippen molar-refractivity contribution in [1.29, 1.82) is 0 Å². The lowest BCUT2D eigenvalue weighted by atomic mass is 10.0. The van der Waals surface area contributed by atoms with Crippen LogP contribution >= 0.6 is 0 Å². The van der Waals surface area contributed by atoms with Crippen LogP contribution in [0.5, 0.6) is 0 Å². The Morgan fingerprint density at radius 2 is 1.75 bits per heavy atom. The number of likely N-dealkylation sites (tertiary alicyclic amines) is 1. The second-order valence-electron chi connectivity index (χ2n) is 8.07. The molecule has 0 aromatic heterocycles. The van der Waals surface area contributed by atoms with Crippen LogP contribution in [0, 0.1) is 0 Å². The van der Waals surface area contributed by atoms with Gasteiger partial charge in [0.05, 0.1) is 5.56 Å². The van der Waals surface area contributed by atoms with E-state index in [1.165, 1.54) is 21.9 Å². The summed E-state index contributed by atoms with van der Waals surface area (Å²) in [4.78, 5) is 28.3. The molecule has 0 aliphatic carbocycles. The number of halogens is 3. The number of amides is 2. The monoisotopic (exact) mass is 400 g/mol. The van der Waals surface area contributed by atoms with E-state index in [9.17, 15) is 22.8 Å². The molecule has 2 rings (SSSR count). The maximum Gasteiger partial charge on any atom is 0.416 e. The van der Waals surface area contributed by atoms with Crippen molar-refractivity contribution in [3.8, 4) is 0 Å². The van der Waals surface area contributed by atoms with E-state index in [2.05, 4.69) is 0 Å². The fourth-order valence-corrected chi connectivity index (χ4v) is 3.13. The van der Waals surface area contributed by atoms with Crippen LogP contribution in [0.4, 0.5) is 18.0 Å². The first kappa shape index (κ1) is 22.0. The first-order chi connectivity index (χ1) is 12.9. The predicted molar refractivity (Wildman–Crippen MR) is 98.5 cm³/mol. The Bertz CT molecular complexity index is 696. The minimum atomic E-state index is -4.39. The zero-order valence-corrected chi connectivity index (χ0v) is 16.7. The van der Waals surface area contributed by atoms with Gasteiger partial charge in [-0.2, -0.15) is 13.2 Å². The molecule has 5 nitrogen and oxygen atoms in total. The van der Waals surface area contributed by atoms with E-state index in [0.717, 1.165) is 25.0 Å². The van der Waals surface area contributed by atoms with Crippen molar-refractivity contribution < 1.29 is 27.5 Å². The molecule has 0 saturated carbocycles. The van der Waals surface area contributed by atoms with E-state index in [4.69, 9.17) is 4.74 Å². The van der Waals surface area contributed by atoms with Crippen LogP contribution < -0.4 is 0 Å². The fraction of sp³-hybridized carbons (Fsp3) is 0.600. The second kappa shape index (κ2) is 8.41. The average Bonchev–Trinajstić information content (AvgIpc) is 2.59. The Labute approximate surface area is 163 Å². The third-order valence-electron chi connectivity index (χ3n) is 4.49. The SMILES string of the molecule is CN(Cc1ccc(C(F)(F)F)cc1)C(=O)C1CCCCN1C(=O)OC(C)(C)C. The first-order valence-corrected chi connectivity index (χ1v) is 9.29. The molecule has 0 radical (unpaired) electrons. The lowest BCUT2D eigenvalue weighted by molar-refractivity contribution is -0.138. The van der Waals surface area contributed by atoms with Gasteiger partial charge in [-0.05, 0) is 57.7 Å². The Morgan fingerprint density at radius 3 is 2.29 bits per heavy atom. The van der Waals surface area contributed by atoms with E-state index in [0.29, 0.717) is 18.5 Å². The van der Waals surface area contributed by atoms with E-state index in [1.54, 1.807) is 27.8 Å². The largest absolute Gasteiger partial charge is 0.444 e. The lowest BCUT2D eigenvalue weighted by Gasteiger charge is -2.37. The minimum Gasteiger partial charge on any atom is -0.444 e. The maximum atomic E-state index is 12.9. The lowest BCUT2D eigenvalue weighted by Crippen LogP contribution is -2.53. The summed E-state index contributed by atoms with van der Waals surface area (Å²) in [7, 11) is 1.59. The third kappa shape index (κ3) is 5.87. The molecular formula is C20H27F3N2O3. The van der Waals surface area contributed by atoms with Crippen molar-refractivity contribution in [2.45, 2.75) is 64.4 Å². The van der Waals surface area contributed by atoms with Gasteiger partial charge in [0.1, 0.15) is 11.6 Å². The summed E-state index contributed by atoms with van der Waals surface area (Å²) < 4.78 is 43.4. The Kier molecular flexibility index (Phi) is 6.62. The summed E-state index contributed by atoms with van der Waals surface area (Å²) in [6.07, 6.45) is -2.75. The van der Waals surface area contributed by atoms with E-state index in [-0.39, 0.29) is 12.5 Å². The van der Waals surface area contributed by atoms with Gasteiger partial charge in [0.2, 0.25) is 5.91 Å². The van der Waals surface area contributed by atoms with Gasteiger partial charge in [-0.25, -0.2) is 4.79 Å². The van der Waals surface area contributed by atoms with Gasteiger partial charge < -0.3 is 9.64 Å². The Morgan fingerprint density at radius 1 is 1.14 bits per heavy atom. The summed E-state index contributed by atoms with van der Waals surface area (Å²) >= 11 is 0. The molecule has 1 atom stereocenters. The summed E-state index contributed by atoms with van der Waals surface area (Å²) in [5, 5.41) is 0. The molecule has 2 amide bonds. The number of alkyl halides is 3. The predicted octanol–water partition coefficient (Wildman–Crippen LogP) is 4.45. The van der Waals surface area contributed by atoms with Crippen LogP contribution in [0.3, 0.4) is 0 Å². The van der Waals surface area contributed by atoms with E-state index < -0.39 is 29.5 Å². The molecule has 0 spiro atoms. The number of piperidine rings is 1. The van der Waals surface area contributed by atoms with Crippen molar-refractivity contribution in [3.63, 3.8) is 0 Å². The number of benzene rings is 1. The van der Waals surface area contributed by atoms with Gasteiger partial charge >= 0.3 is 12.3 Å². The normalized spacial score (nSPS) is 18.0. The van der Waals surface area contributed by atoms with Gasteiger partial charge in [-0.1, -0.05) is 12.1 Å². The zero-order valence-electron chi connectivity index (χ0n) is 16.7. The minimum absolute atomic E-state index is 0.162. The Hall–Kier alpha value is -2.25. The molecule has 8 heteroatoms. The van der Waals surface area contributed by atoms with E-state index in [1.807, 2.05) is 0 Å². The number of carbonyl (C=O) groups excluding carboxylic acids is 2. The third-order valence-corrected chi connectivity index (χ3v) is 4.49. The van der Waals surface area contributed by atoms with Crippen LogP contribution in [0.15, 0.2) is 24.3 Å². The fourth-order valence-electron chi connectivity index (χ4n) is 3.13. The highest BCUT2D eigenvalue weighted by molar-refractivity contribution is 5.85. The molecule has 1 aromatic rings. The van der Waals surface area contributed by atoms with Gasteiger partial charge in [0.15, 0.2) is 0 Å². The van der Waals surface area contributed by atoms with Crippen LogP contribution in [-0.2, 0) is 22.3 Å². The van der Waals surface area contributed by atoms with Crippen molar-refractivity contribution >= 4 is 12.0 Å². The molecule has 0 bridgehead atoms. The molecule has 1 unspecified atom stereocenters. The molecule has 1 saturated heterocycles. The summed E-state index contributed by atoms with van der Waals surface area (Å²) in [5.41, 5.74) is -0.800. The van der Waals surface area contributed by atoms with Crippen molar-refractivity contribution in [1.82, 2.24) is 9.80 Å². The quantitative estimate of drug-likeness (QED) is 0.753. The van der Waals surface area contributed by atoms with Crippen molar-refractivity contribution in [2.75, 3.05) is 13.6 Å². The summed E-state index contributed by atoms with van der Waals surface area (Å²) in [6, 6.07) is 4.10. The van der Waals surface area contributed by atoms with Crippen molar-refractivity contribution in [2.24, 2.45) is 0 Å².